The summed E-state index contributed by atoms with van der Waals surface area (Å²) in [6.45, 7) is 2.38. The van der Waals surface area contributed by atoms with E-state index in [1.54, 1.807) is 17.2 Å². The van der Waals surface area contributed by atoms with Gasteiger partial charge in [0.15, 0.2) is 12.4 Å². The van der Waals surface area contributed by atoms with Gasteiger partial charge in [-0.25, -0.2) is 4.98 Å². The fraction of sp³-hybridized carbons (Fsp3) is 0.125. The van der Waals surface area contributed by atoms with Crippen LogP contribution in [0.15, 0.2) is 79.0 Å². The Labute approximate surface area is 197 Å². The second-order valence-corrected chi connectivity index (χ2v) is 7.02. The molecule has 0 aliphatic carbocycles. The van der Waals surface area contributed by atoms with E-state index >= 15 is 0 Å². The number of ether oxygens (including phenoxy) is 2. The summed E-state index contributed by atoms with van der Waals surface area (Å²) in [4.78, 5) is 18.5. The fourth-order valence-electron chi connectivity index (χ4n) is 3.05. The van der Waals surface area contributed by atoms with Crippen molar-refractivity contribution in [2.45, 2.75) is 13.5 Å². The predicted octanol–water partition coefficient (Wildman–Crippen LogP) is 4.36. The average Bonchev–Trinajstić information content (AvgIpc) is 2.85. The molecule has 0 saturated heterocycles. The summed E-state index contributed by atoms with van der Waals surface area (Å²) in [5.41, 5.74) is 6.60. The first kappa shape index (κ1) is 22.5. The molecule has 0 spiro atoms. The van der Waals surface area contributed by atoms with Gasteiger partial charge < -0.3 is 20.5 Å². The highest BCUT2D eigenvalue weighted by atomic mass is 16.5. The van der Waals surface area contributed by atoms with Crippen molar-refractivity contribution in [1.29, 1.82) is 5.41 Å². The van der Waals surface area contributed by atoms with E-state index in [-0.39, 0.29) is 24.5 Å². The lowest BCUT2D eigenvalue weighted by Crippen LogP contribution is -2.32. The summed E-state index contributed by atoms with van der Waals surface area (Å²) in [6, 6.07) is 22.3. The quantitative estimate of drug-likeness (QED) is 0.261. The molecule has 0 atom stereocenters. The van der Waals surface area contributed by atoms with Gasteiger partial charge >= 0.3 is 0 Å². The SMILES string of the molecule is CCN(C(=N)OCc1nc(N)nc(Nc2ccc(Oc3ccccc3)cc2)n1)c1ccccn1. The number of nitrogen functional groups attached to an aromatic ring is 1. The van der Waals surface area contributed by atoms with E-state index in [1.807, 2.05) is 73.7 Å². The number of hydrogen-bond acceptors (Lipinski definition) is 9. The first-order valence-corrected chi connectivity index (χ1v) is 10.6. The first-order valence-electron chi connectivity index (χ1n) is 10.6. The van der Waals surface area contributed by atoms with Crippen LogP contribution in [0.1, 0.15) is 12.7 Å². The molecule has 0 radical (unpaired) electrons. The molecule has 34 heavy (non-hydrogen) atoms. The largest absolute Gasteiger partial charge is 0.457 e. The smallest absolute Gasteiger partial charge is 0.290 e. The Kier molecular flexibility index (Phi) is 7.09. The average molecular weight is 457 g/mol. The van der Waals surface area contributed by atoms with Crippen molar-refractivity contribution >= 4 is 29.4 Å². The van der Waals surface area contributed by atoms with Gasteiger partial charge in [0.1, 0.15) is 17.3 Å². The molecule has 172 valence electrons. The Morgan fingerprint density at radius 3 is 2.38 bits per heavy atom. The summed E-state index contributed by atoms with van der Waals surface area (Å²) in [5, 5.41) is 11.3. The molecule has 0 aliphatic rings. The molecule has 4 rings (SSSR count). The van der Waals surface area contributed by atoms with Crippen LogP contribution in [0, 0.1) is 5.41 Å². The zero-order valence-corrected chi connectivity index (χ0v) is 18.5. The molecule has 0 saturated carbocycles. The Morgan fingerprint density at radius 1 is 0.941 bits per heavy atom. The zero-order valence-electron chi connectivity index (χ0n) is 18.5. The summed E-state index contributed by atoms with van der Waals surface area (Å²) in [5.74, 6) is 2.68. The van der Waals surface area contributed by atoms with Crippen LogP contribution in [0.25, 0.3) is 0 Å². The van der Waals surface area contributed by atoms with E-state index < -0.39 is 0 Å². The van der Waals surface area contributed by atoms with Crippen molar-refractivity contribution in [2.75, 3.05) is 22.5 Å². The van der Waals surface area contributed by atoms with Crippen molar-refractivity contribution in [3.05, 3.63) is 84.8 Å². The Balaban J connectivity index is 1.38. The van der Waals surface area contributed by atoms with E-state index in [9.17, 15) is 0 Å². The van der Waals surface area contributed by atoms with Gasteiger partial charge in [-0.2, -0.15) is 15.0 Å². The highest BCUT2D eigenvalue weighted by Gasteiger charge is 2.14. The summed E-state index contributed by atoms with van der Waals surface area (Å²) in [6.07, 6.45) is 1.66. The lowest BCUT2D eigenvalue weighted by atomic mass is 10.3. The molecule has 2 aromatic heterocycles. The van der Waals surface area contributed by atoms with Gasteiger partial charge in [0, 0.05) is 18.4 Å². The number of rotatable bonds is 8. The van der Waals surface area contributed by atoms with Gasteiger partial charge in [-0.15, -0.1) is 0 Å². The van der Waals surface area contributed by atoms with E-state index in [2.05, 4.69) is 25.3 Å². The maximum atomic E-state index is 8.25. The molecule has 0 amide bonds. The number of para-hydroxylation sites is 1. The standard InChI is InChI=1S/C24H24N8O2/c1-2-32(21-10-6-7-15-27-21)23(26)33-16-20-29-22(25)31-24(30-20)28-17-11-13-19(14-12-17)34-18-8-4-3-5-9-18/h3-15,26H,2,16H2,1H3,(H3,25,28,29,30,31). The number of nitrogens with one attached hydrogen (secondary N) is 2. The molecule has 2 heterocycles. The number of aromatic nitrogens is 4. The van der Waals surface area contributed by atoms with Crippen molar-refractivity contribution in [1.82, 2.24) is 19.9 Å². The fourth-order valence-corrected chi connectivity index (χ4v) is 3.05. The number of anilines is 4. The molecule has 0 fully saturated rings. The number of hydrogen-bond donors (Lipinski definition) is 3. The molecule has 0 aliphatic heterocycles. The maximum Gasteiger partial charge on any atom is 0.290 e. The third-order valence-corrected chi connectivity index (χ3v) is 4.61. The lowest BCUT2D eigenvalue weighted by molar-refractivity contribution is 0.271. The molecule has 0 bridgehead atoms. The van der Waals surface area contributed by atoms with Crippen LogP contribution >= 0.6 is 0 Å². The van der Waals surface area contributed by atoms with E-state index in [4.69, 9.17) is 20.6 Å². The topological polar surface area (TPSA) is 135 Å². The molecule has 10 nitrogen and oxygen atoms in total. The third-order valence-electron chi connectivity index (χ3n) is 4.61. The molecule has 0 unspecified atom stereocenters. The van der Waals surface area contributed by atoms with Crippen LogP contribution < -0.4 is 20.7 Å². The van der Waals surface area contributed by atoms with Crippen molar-refractivity contribution in [3.8, 4) is 11.5 Å². The Morgan fingerprint density at radius 2 is 1.68 bits per heavy atom. The Bertz CT molecular complexity index is 1220. The third kappa shape index (κ3) is 5.94. The van der Waals surface area contributed by atoms with Crippen LogP contribution in [0.5, 0.6) is 11.5 Å². The second-order valence-electron chi connectivity index (χ2n) is 7.02. The van der Waals surface area contributed by atoms with Gasteiger partial charge in [-0.1, -0.05) is 24.3 Å². The predicted molar refractivity (Wildman–Crippen MR) is 130 cm³/mol. The number of nitrogens with two attached hydrogens (primary N) is 1. The van der Waals surface area contributed by atoms with Crippen molar-refractivity contribution < 1.29 is 9.47 Å². The monoisotopic (exact) mass is 456 g/mol. The number of pyridine rings is 1. The Hall–Kier alpha value is -4.73. The summed E-state index contributed by atoms with van der Waals surface area (Å²) < 4.78 is 11.4. The van der Waals surface area contributed by atoms with Gasteiger partial charge in [-0.05, 0) is 55.5 Å². The number of amidine groups is 1. The molecule has 4 aromatic rings. The molecule has 2 aromatic carbocycles. The minimum atomic E-state index is -0.0660. The van der Waals surface area contributed by atoms with Crippen LogP contribution in [-0.4, -0.2) is 32.5 Å². The van der Waals surface area contributed by atoms with Gasteiger partial charge in [0.2, 0.25) is 11.9 Å². The highest BCUT2D eigenvalue weighted by Crippen LogP contribution is 2.23. The molecular weight excluding hydrogens is 432 g/mol. The van der Waals surface area contributed by atoms with E-state index in [0.29, 0.717) is 23.9 Å². The van der Waals surface area contributed by atoms with Crippen molar-refractivity contribution in [2.24, 2.45) is 0 Å². The van der Waals surface area contributed by atoms with Crippen LogP contribution in [0.3, 0.4) is 0 Å². The lowest BCUT2D eigenvalue weighted by Gasteiger charge is -2.21. The van der Waals surface area contributed by atoms with Crippen LogP contribution in [0.4, 0.5) is 23.4 Å². The zero-order chi connectivity index (χ0) is 23.8. The summed E-state index contributed by atoms with van der Waals surface area (Å²) >= 11 is 0. The van der Waals surface area contributed by atoms with Crippen LogP contribution in [0.2, 0.25) is 0 Å². The molecular formula is C24H24N8O2. The molecule has 4 N–H and O–H groups in total. The first-order chi connectivity index (χ1) is 16.6. The van der Waals surface area contributed by atoms with E-state index in [1.165, 1.54) is 0 Å². The number of benzene rings is 2. The summed E-state index contributed by atoms with van der Waals surface area (Å²) in [7, 11) is 0. The van der Waals surface area contributed by atoms with Crippen molar-refractivity contribution in [3.63, 3.8) is 0 Å². The minimum Gasteiger partial charge on any atom is -0.457 e. The minimum absolute atomic E-state index is 0.0451. The van der Waals surface area contributed by atoms with Gasteiger partial charge in [0.25, 0.3) is 6.02 Å². The van der Waals surface area contributed by atoms with Gasteiger partial charge in [0.05, 0.1) is 0 Å². The number of nitrogens with zero attached hydrogens (tertiary/aromatic N) is 5. The maximum absolute atomic E-state index is 8.25. The van der Waals surface area contributed by atoms with Crippen LogP contribution in [-0.2, 0) is 11.3 Å². The normalized spacial score (nSPS) is 10.4. The second kappa shape index (κ2) is 10.7. The highest BCUT2D eigenvalue weighted by molar-refractivity contribution is 5.88. The van der Waals surface area contributed by atoms with Gasteiger partial charge in [-0.3, -0.25) is 10.3 Å². The molecule has 10 heteroatoms. The van der Waals surface area contributed by atoms with E-state index in [0.717, 1.165) is 11.4 Å².